The number of carbonyl (C=O) groups excluding carboxylic acids is 2. The van der Waals surface area contributed by atoms with Gasteiger partial charge in [0.1, 0.15) is 0 Å². The highest BCUT2D eigenvalue weighted by Crippen LogP contribution is 2.06. The largest absolute Gasteiger partial charge is 0.271 e. The minimum absolute atomic E-state index is 0.342. The van der Waals surface area contributed by atoms with Gasteiger partial charge >= 0.3 is 0 Å². The first-order valence-corrected chi connectivity index (χ1v) is 8.25. The number of rotatable bonds is 8. The molecule has 0 saturated carbocycles. The molecule has 130 valence electrons. The van der Waals surface area contributed by atoms with E-state index in [2.05, 4.69) is 21.1 Å². The van der Waals surface area contributed by atoms with Crippen LogP contribution in [0.1, 0.15) is 74.1 Å². The molecule has 0 fully saturated rings. The summed E-state index contributed by atoms with van der Waals surface area (Å²) in [5.41, 5.74) is 7.50. The normalized spacial score (nSPS) is 12.0. The van der Waals surface area contributed by atoms with Gasteiger partial charge in [0, 0.05) is 22.6 Å². The monoisotopic (exact) mass is 330 g/mol. The number of nitrogens with one attached hydrogen (secondary N) is 2. The lowest BCUT2D eigenvalue weighted by atomic mass is 10.1. The zero-order valence-corrected chi connectivity index (χ0v) is 14.8. The molecule has 0 atom stereocenters. The van der Waals surface area contributed by atoms with Crippen LogP contribution in [0.2, 0.25) is 0 Å². The minimum atomic E-state index is -0.342. The van der Waals surface area contributed by atoms with Crippen molar-refractivity contribution in [3.8, 4) is 0 Å². The SMILES string of the molecule is CCCC(C)=NNC(=O)c1cccc(C(=O)NN=C(C)CCC)c1. The van der Waals surface area contributed by atoms with Crippen LogP contribution in [-0.2, 0) is 0 Å². The highest BCUT2D eigenvalue weighted by Gasteiger charge is 2.10. The second-order valence-electron chi connectivity index (χ2n) is 5.66. The molecule has 0 unspecified atom stereocenters. The fraction of sp³-hybridized carbons (Fsp3) is 0.444. The zero-order chi connectivity index (χ0) is 17.9. The summed E-state index contributed by atoms with van der Waals surface area (Å²) in [5.74, 6) is -0.684. The van der Waals surface area contributed by atoms with Crippen LogP contribution in [0.25, 0.3) is 0 Å². The number of hydrogen-bond acceptors (Lipinski definition) is 4. The van der Waals surface area contributed by atoms with Crippen LogP contribution in [0.3, 0.4) is 0 Å². The molecule has 0 radical (unpaired) electrons. The van der Waals surface area contributed by atoms with Crippen molar-refractivity contribution in [2.24, 2.45) is 10.2 Å². The highest BCUT2D eigenvalue weighted by molar-refractivity contribution is 6.00. The van der Waals surface area contributed by atoms with Gasteiger partial charge in [-0.1, -0.05) is 32.8 Å². The van der Waals surface area contributed by atoms with Crippen molar-refractivity contribution in [2.75, 3.05) is 0 Å². The minimum Gasteiger partial charge on any atom is -0.267 e. The Balaban J connectivity index is 2.75. The van der Waals surface area contributed by atoms with Gasteiger partial charge in [-0.2, -0.15) is 10.2 Å². The Morgan fingerprint density at radius 1 is 0.875 bits per heavy atom. The Kier molecular flexibility index (Phi) is 8.39. The molecule has 0 bridgehead atoms. The summed E-state index contributed by atoms with van der Waals surface area (Å²) in [6, 6.07) is 6.47. The average Bonchev–Trinajstić information content (AvgIpc) is 2.58. The Morgan fingerprint density at radius 2 is 1.29 bits per heavy atom. The lowest BCUT2D eigenvalue weighted by molar-refractivity contribution is 0.0954. The number of hydrogen-bond donors (Lipinski definition) is 2. The van der Waals surface area contributed by atoms with E-state index in [0.717, 1.165) is 37.1 Å². The topological polar surface area (TPSA) is 82.9 Å². The summed E-state index contributed by atoms with van der Waals surface area (Å²) in [6.45, 7) is 7.83. The molecule has 0 aliphatic heterocycles. The lowest BCUT2D eigenvalue weighted by Crippen LogP contribution is -2.22. The molecule has 2 amide bonds. The van der Waals surface area contributed by atoms with E-state index in [1.54, 1.807) is 18.2 Å². The van der Waals surface area contributed by atoms with Crippen LogP contribution in [0, 0.1) is 0 Å². The molecule has 0 heterocycles. The van der Waals surface area contributed by atoms with E-state index in [1.165, 1.54) is 6.07 Å². The second kappa shape index (κ2) is 10.3. The van der Waals surface area contributed by atoms with Crippen molar-refractivity contribution in [1.29, 1.82) is 0 Å². The third kappa shape index (κ3) is 6.73. The van der Waals surface area contributed by atoms with E-state index in [0.29, 0.717) is 11.1 Å². The van der Waals surface area contributed by atoms with Crippen molar-refractivity contribution in [3.63, 3.8) is 0 Å². The Bertz CT molecular complexity index is 584. The van der Waals surface area contributed by atoms with Crippen molar-refractivity contribution in [1.82, 2.24) is 10.9 Å². The second-order valence-corrected chi connectivity index (χ2v) is 5.66. The van der Waals surface area contributed by atoms with Gasteiger partial charge in [-0.3, -0.25) is 9.59 Å². The molecule has 2 N–H and O–H groups in total. The lowest BCUT2D eigenvalue weighted by Gasteiger charge is -2.05. The summed E-state index contributed by atoms with van der Waals surface area (Å²) < 4.78 is 0. The van der Waals surface area contributed by atoms with Crippen LogP contribution in [-0.4, -0.2) is 23.2 Å². The van der Waals surface area contributed by atoms with Gasteiger partial charge in [-0.05, 0) is 44.9 Å². The third-order valence-corrected chi connectivity index (χ3v) is 3.31. The van der Waals surface area contributed by atoms with Gasteiger partial charge in [-0.15, -0.1) is 0 Å². The molecule has 24 heavy (non-hydrogen) atoms. The van der Waals surface area contributed by atoms with Gasteiger partial charge in [0.05, 0.1) is 0 Å². The number of amides is 2. The summed E-state index contributed by atoms with van der Waals surface area (Å²) in [7, 11) is 0. The van der Waals surface area contributed by atoms with Crippen molar-refractivity contribution < 1.29 is 9.59 Å². The van der Waals surface area contributed by atoms with Gasteiger partial charge in [0.25, 0.3) is 11.8 Å². The first-order valence-electron chi connectivity index (χ1n) is 8.25. The van der Waals surface area contributed by atoms with Crippen molar-refractivity contribution in [2.45, 2.75) is 53.4 Å². The van der Waals surface area contributed by atoms with Crippen LogP contribution in [0.5, 0.6) is 0 Å². The van der Waals surface area contributed by atoms with Gasteiger partial charge in [-0.25, -0.2) is 10.9 Å². The molecule has 0 saturated heterocycles. The first kappa shape index (κ1) is 19.5. The van der Waals surface area contributed by atoms with Crippen LogP contribution in [0.4, 0.5) is 0 Å². The molecule has 6 heteroatoms. The number of hydrazone groups is 2. The number of benzene rings is 1. The fourth-order valence-corrected chi connectivity index (χ4v) is 2.06. The van der Waals surface area contributed by atoms with E-state index >= 15 is 0 Å². The molecule has 1 aromatic rings. The maximum Gasteiger partial charge on any atom is 0.271 e. The van der Waals surface area contributed by atoms with Gasteiger partial charge in [0.2, 0.25) is 0 Å². The predicted octanol–water partition coefficient (Wildman–Crippen LogP) is 3.50. The summed E-state index contributed by atoms with van der Waals surface area (Å²) in [6.07, 6.45) is 3.60. The van der Waals surface area contributed by atoms with Gasteiger partial charge in [0.15, 0.2) is 0 Å². The standard InChI is InChI=1S/C18H26N4O2/c1-5-8-13(3)19-21-17(23)15-10-7-11-16(12-15)18(24)22-20-14(4)9-6-2/h7,10-12H,5-6,8-9H2,1-4H3,(H,21,23)(H,22,24). The van der Waals surface area contributed by atoms with Crippen LogP contribution in [0.15, 0.2) is 34.5 Å². The quantitative estimate of drug-likeness (QED) is 0.565. The molecule has 6 nitrogen and oxygen atoms in total. The highest BCUT2D eigenvalue weighted by atomic mass is 16.2. The first-order chi connectivity index (χ1) is 11.5. The molecule has 1 rings (SSSR count). The Morgan fingerprint density at radius 3 is 1.67 bits per heavy atom. The predicted molar refractivity (Wildman–Crippen MR) is 97.4 cm³/mol. The average molecular weight is 330 g/mol. The smallest absolute Gasteiger partial charge is 0.267 e. The molecular formula is C18H26N4O2. The Hall–Kier alpha value is -2.50. The maximum atomic E-state index is 12.1. The molecule has 1 aromatic carbocycles. The summed E-state index contributed by atoms with van der Waals surface area (Å²) in [5, 5.41) is 8.08. The van der Waals surface area contributed by atoms with Crippen molar-refractivity contribution >= 4 is 23.2 Å². The summed E-state index contributed by atoms with van der Waals surface area (Å²) in [4.78, 5) is 24.2. The van der Waals surface area contributed by atoms with Crippen molar-refractivity contribution in [3.05, 3.63) is 35.4 Å². The molecule has 0 aliphatic rings. The third-order valence-electron chi connectivity index (χ3n) is 3.31. The van der Waals surface area contributed by atoms with E-state index in [9.17, 15) is 9.59 Å². The molecule has 0 aromatic heterocycles. The zero-order valence-electron chi connectivity index (χ0n) is 14.8. The van der Waals surface area contributed by atoms with Crippen LogP contribution >= 0.6 is 0 Å². The maximum absolute atomic E-state index is 12.1. The summed E-state index contributed by atoms with van der Waals surface area (Å²) >= 11 is 0. The molecule has 0 spiro atoms. The molecular weight excluding hydrogens is 304 g/mol. The van der Waals surface area contributed by atoms with E-state index in [4.69, 9.17) is 0 Å². The Labute approximate surface area is 143 Å². The number of carbonyl (C=O) groups is 2. The number of nitrogens with zero attached hydrogens (tertiary/aromatic N) is 2. The van der Waals surface area contributed by atoms with Crippen LogP contribution < -0.4 is 10.9 Å². The fourth-order valence-electron chi connectivity index (χ4n) is 2.06. The van der Waals surface area contributed by atoms with E-state index in [-0.39, 0.29) is 11.8 Å². The van der Waals surface area contributed by atoms with Gasteiger partial charge < -0.3 is 0 Å². The van der Waals surface area contributed by atoms with E-state index < -0.39 is 0 Å². The molecule has 0 aliphatic carbocycles. The van der Waals surface area contributed by atoms with E-state index in [1.807, 2.05) is 27.7 Å².